The van der Waals surface area contributed by atoms with Crippen LogP contribution in [0.2, 0.25) is 0 Å². The van der Waals surface area contributed by atoms with Gasteiger partial charge in [-0.25, -0.2) is 4.79 Å². The predicted molar refractivity (Wildman–Crippen MR) is 67.5 cm³/mol. The number of nitrogens with zero attached hydrogens (tertiary/aromatic N) is 1. The summed E-state index contributed by atoms with van der Waals surface area (Å²) in [6.45, 7) is 0.662. The van der Waals surface area contributed by atoms with E-state index >= 15 is 0 Å². The van der Waals surface area contributed by atoms with E-state index in [1.165, 1.54) is 24.3 Å². The van der Waals surface area contributed by atoms with Crippen LogP contribution >= 0.6 is 0 Å². The number of carbonyl (C=O) groups is 1. The first-order chi connectivity index (χ1) is 10.1. The van der Waals surface area contributed by atoms with Crippen LogP contribution in [-0.4, -0.2) is 30.3 Å². The highest BCUT2D eigenvalue weighted by atomic mass is 16.8. The van der Waals surface area contributed by atoms with E-state index in [1.54, 1.807) is 0 Å². The zero-order valence-corrected chi connectivity index (χ0v) is 11.0. The van der Waals surface area contributed by atoms with E-state index in [0.717, 1.165) is 6.42 Å². The third-order valence-corrected chi connectivity index (χ3v) is 3.41. The van der Waals surface area contributed by atoms with Gasteiger partial charge in [-0.2, -0.15) is 0 Å². The molecule has 0 N–H and O–H groups in total. The second-order valence-corrected chi connectivity index (χ2v) is 4.81. The molecule has 0 radical (unpaired) electrons. The Kier molecular flexibility index (Phi) is 3.72. The molecule has 0 bridgehead atoms. The quantitative estimate of drug-likeness (QED) is 0.365. The number of ether oxygens (including phenoxy) is 4. The summed E-state index contributed by atoms with van der Waals surface area (Å²) >= 11 is 0. The van der Waals surface area contributed by atoms with Crippen LogP contribution in [0.5, 0.6) is 5.75 Å². The van der Waals surface area contributed by atoms with Crippen molar-refractivity contribution in [1.29, 1.82) is 0 Å². The van der Waals surface area contributed by atoms with Gasteiger partial charge in [-0.3, -0.25) is 10.1 Å². The van der Waals surface area contributed by atoms with Crippen molar-refractivity contribution in [3.05, 3.63) is 34.4 Å². The average molecular weight is 295 g/mol. The molecule has 8 nitrogen and oxygen atoms in total. The molecule has 0 aromatic heterocycles. The highest BCUT2D eigenvalue weighted by molar-refractivity contribution is 5.64. The van der Waals surface area contributed by atoms with Crippen LogP contribution in [-0.2, 0) is 14.2 Å². The second kappa shape index (κ2) is 5.66. The van der Waals surface area contributed by atoms with Gasteiger partial charge in [0.05, 0.1) is 11.5 Å². The van der Waals surface area contributed by atoms with Crippen molar-refractivity contribution in [3.8, 4) is 5.75 Å². The summed E-state index contributed by atoms with van der Waals surface area (Å²) < 4.78 is 20.7. The number of nitro groups is 1. The number of nitro benzene ring substituents is 1. The van der Waals surface area contributed by atoms with Crippen LogP contribution in [0, 0.1) is 16.0 Å². The molecule has 3 rings (SSSR count). The lowest BCUT2D eigenvalue weighted by Crippen LogP contribution is -2.21. The Morgan fingerprint density at radius 3 is 2.76 bits per heavy atom. The molecule has 2 aliphatic heterocycles. The molecule has 1 aromatic carbocycles. The topological polar surface area (TPSA) is 97.1 Å². The summed E-state index contributed by atoms with van der Waals surface area (Å²) in [5.41, 5.74) is -0.0835. The molecular formula is C13H13NO7. The monoisotopic (exact) mass is 295 g/mol. The smallest absolute Gasteiger partial charge is 0.404 e. The largest absolute Gasteiger partial charge is 0.516 e. The third kappa shape index (κ3) is 3.11. The summed E-state index contributed by atoms with van der Waals surface area (Å²) in [4.78, 5) is 21.6. The van der Waals surface area contributed by atoms with Gasteiger partial charge in [0.15, 0.2) is 6.29 Å². The van der Waals surface area contributed by atoms with Crippen molar-refractivity contribution in [1.82, 2.24) is 0 Å². The Morgan fingerprint density at radius 1 is 1.33 bits per heavy atom. The number of carbonyl (C=O) groups excluding carboxylic acids is 1. The van der Waals surface area contributed by atoms with E-state index in [9.17, 15) is 14.9 Å². The predicted octanol–water partition coefficient (Wildman–Crippen LogP) is 2.22. The normalized spacial score (nSPS) is 27.1. The molecule has 0 amide bonds. The van der Waals surface area contributed by atoms with E-state index in [4.69, 9.17) is 18.9 Å². The molecule has 8 heteroatoms. The van der Waals surface area contributed by atoms with Crippen LogP contribution in [0.1, 0.15) is 12.8 Å². The summed E-state index contributed by atoms with van der Waals surface area (Å²) in [6, 6.07) is 5.14. The van der Waals surface area contributed by atoms with E-state index in [0.29, 0.717) is 13.0 Å². The maximum Gasteiger partial charge on any atom is 0.516 e. The number of rotatable bonds is 3. The minimum absolute atomic E-state index is 0.0835. The maximum absolute atomic E-state index is 11.6. The van der Waals surface area contributed by atoms with E-state index < -0.39 is 17.4 Å². The van der Waals surface area contributed by atoms with Gasteiger partial charge in [-0.05, 0) is 18.6 Å². The van der Waals surface area contributed by atoms with Crippen molar-refractivity contribution < 1.29 is 28.7 Å². The van der Waals surface area contributed by atoms with Gasteiger partial charge in [-0.15, -0.1) is 0 Å². The first kappa shape index (κ1) is 13.8. The SMILES string of the molecule is O=C(Oc1ccc([N+](=O)[O-])cc1)OC1CC2CCO[C@H]2O1. The van der Waals surface area contributed by atoms with Gasteiger partial charge in [0.25, 0.3) is 5.69 Å². The Balaban J connectivity index is 1.51. The highest BCUT2D eigenvalue weighted by Gasteiger charge is 2.41. The molecule has 1 aromatic rings. The summed E-state index contributed by atoms with van der Waals surface area (Å²) in [5.74, 6) is 0.419. The molecule has 3 atom stereocenters. The third-order valence-electron chi connectivity index (χ3n) is 3.41. The number of hydrogen-bond donors (Lipinski definition) is 0. The average Bonchev–Trinajstić information content (AvgIpc) is 3.00. The van der Waals surface area contributed by atoms with Crippen molar-refractivity contribution in [2.24, 2.45) is 5.92 Å². The lowest BCUT2D eigenvalue weighted by atomic mass is 10.1. The number of non-ortho nitro benzene ring substituents is 1. The minimum atomic E-state index is -0.908. The fourth-order valence-electron chi connectivity index (χ4n) is 2.38. The zero-order chi connectivity index (χ0) is 14.8. The first-order valence-corrected chi connectivity index (χ1v) is 6.52. The molecule has 0 spiro atoms. The fraction of sp³-hybridized carbons (Fsp3) is 0.462. The molecular weight excluding hydrogens is 282 g/mol. The lowest BCUT2D eigenvalue weighted by molar-refractivity contribution is -0.384. The molecule has 112 valence electrons. The zero-order valence-electron chi connectivity index (χ0n) is 11.0. The highest BCUT2D eigenvalue weighted by Crippen LogP contribution is 2.35. The first-order valence-electron chi connectivity index (χ1n) is 6.52. The van der Waals surface area contributed by atoms with Gasteiger partial charge >= 0.3 is 6.16 Å². The van der Waals surface area contributed by atoms with Crippen molar-refractivity contribution in [3.63, 3.8) is 0 Å². The van der Waals surface area contributed by atoms with Gasteiger partial charge in [-0.1, -0.05) is 0 Å². The van der Waals surface area contributed by atoms with Crippen molar-refractivity contribution >= 4 is 11.8 Å². The molecule has 2 saturated heterocycles. The van der Waals surface area contributed by atoms with E-state index in [1.807, 2.05) is 0 Å². The molecule has 2 fully saturated rings. The van der Waals surface area contributed by atoms with Crippen LogP contribution in [0.25, 0.3) is 0 Å². The minimum Gasteiger partial charge on any atom is -0.404 e. The Morgan fingerprint density at radius 2 is 2.10 bits per heavy atom. The second-order valence-electron chi connectivity index (χ2n) is 4.81. The van der Waals surface area contributed by atoms with Gasteiger partial charge in [0.2, 0.25) is 6.29 Å². The van der Waals surface area contributed by atoms with Crippen LogP contribution in [0.4, 0.5) is 10.5 Å². The van der Waals surface area contributed by atoms with Crippen LogP contribution < -0.4 is 4.74 Å². The fourth-order valence-corrected chi connectivity index (χ4v) is 2.38. The standard InChI is InChI=1S/C13H13NO7/c15-13(19-10-3-1-9(2-4-10)14(16)17)21-11-7-8-5-6-18-12(8)20-11/h1-4,8,11-12H,5-7H2/t8?,11?,12-/m0/s1. The Bertz CT molecular complexity index is 532. The molecule has 2 unspecified atom stereocenters. The molecule has 0 aliphatic carbocycles. The molecule has 2 aliphatic rings. The summed E-state index contributed by atoms with van der Waals surface area (Å²) in [5, 5.41) is 10.5. The summed E-state index contributed by atoms with van der Waals surface area (Å²) in [7, 11) is 0. The van der Waals surface area contributed by atoms with Gasteiger partial charge in [0, 0.05) is 24.5 Å². The summed E-state index contributed by atoms with van der Waals surface area (Å²) in [6.07, 6.45) is -0.413. The van der Waals surface area contributed by atoms with Gasteiger partial charge in [0.1, 0.15) is 5.75 Å². The number of benzene rings is 1. The Hall–Kier alpha value is -2.19. The lowest BCUT2D eigenvalue weighted by Gasteiger charge is -2.13. The number of hydrogen-bond acceptors (Lipinski definition) is 7. The van der Waals surface area contributed by atoms with E-state index in [2.05, 4.69) is 0 Å². The van der Waals surface area contributed by atoms with Crippen molar-refractivity contribution in [2.75, 3.05) is 6.61 Å². The van der Waals surface area contributed by atoms with Crippen LogP contribution in [0.3, 0.4) is 0 Å². The Labute approximate surface area is 119 Å². The molecule has 2 heterocycles. The maximum atomic E-state index is 11.6. The van der Waals surface area contributed by atoms with Crippen LogP contribution in [0.15, 0.2) is 24.3 Å². The van der Waals surface area contributed by atoms with E-state index in [-0.39, 0.29) is 23.6 Å². The van der Waals surface area contributed by atoms with Crippen molar-refractivity contribution in [2.45, 2.75) is 25.4 Å². The number of fused-ring (bicyclic) bond motifs is 1. The molecule has 21 heavy (non-hydrogen) atoms. The molecule has 0 saturated carbocycles. The van der Waals surface area contributed by atoms with Gasteiger partial charge < -0.3 is 18.9 Å².